The largest absolute Gasteiger partial charge is 0.493 e. The number of carboxylic acid groups (broad SMARTS) is 1. The number of carboxylic acids is 1. The van der Waals surface area contributed by atoms with Crippen molar-refractivity contribution in [2.45, 2.75) is 26.2 Å². The molecule has 20 heavy (non-hydrogen) atoms. The molecular formula is C15H19NO4. The summed E-state index contributed by atoms with van der Waals surface area (Å²) in [6.45, 7) is 3.59. The van der Waals surface area contributed by atoms with Crippen LogP contribution in [0.5, 0.6) is 5.75 Å². The number of aryl methyl sites for hydroxylation is 1. The summed E-state index contributed by atoms with van der Waals surface area (Å²) in [4.78, 5) is 23.1. The van der Waals surface area contributed by atoms with Gasteiger partial charge in [0.25, 0.3) is 0 Å². The molecule has 1 aromatic carbocycles. The van der Waals surface area contributed by atoms with E-state index in [2.05, 4.69) is 6.07 Å². The van der Waals surface area contributed by atoms with Crippen LogP contribution in [0.15, 0.2) is 12.1 Å². The van der Waals surface area contributed by atoms with Crippen molar-refractivity contribution in [2.75, 3.05) is 19.7 Å². The van der Waals surface area contributed by atoms with E-state index in [9.17, 15) is 9.59 Å². The van der Waals surface area contributed by atoms with Crippen LogP contribution < -0.4 is 4.74 Å². The SMILES string of the molecule is Cc1cc2c(cc1OCCC(=O)O)CCN(C=O)CC2. The Morgan fingerprint density at radius 1 is 1.35 bits per heavy atom. The van der Waals surface area contributed by atoms with Gasteiger partial charge in [-0.25, -0.2) is 0 Å². The van der Waals surface area contributed by atoms with Gasteiger partial charge < -0.3 is 14.7 Å². The minimum atomic E-state index is -0.862. The second-order valence-electron chi connectivity index (χ2n) is 5.02. The summed E-state index contributed by atoms with van der Waals surface area (Å²) < 4.78 is 5.54. The van der Waals surface area contributed by atoms with Gasteiger partial charge in [-0.1, -0.05) is 6.07 Å². The van der Waals surface area contributed by atoms with Crippen LogP contribution in [0.1, 0.15) is 23.1 Å². The third kappa shape index (κ3) is 3.50. The van der Waals surface area contributed by atoms with E-state index < -0.39 is 5.97 Å². The van der Waals surface area contributed by atoms with E-state index in [-0.39, 0.29) is 13.0 Å². The highest BCUT2D eigenvalue weighted by molar-refractivity contribution is 5.66. The Kier molecular flexibility index (Phi) is 4.61. The van der Waals surface area contributed by atoms with Crippen LogP contribution in [0.3, 0.4) is 0 Å². The Labute approximate surface area is 118 Å². The molecule has 1 aromatic rings. The Bertz CT molecular complexity index is 513. The number of hydrogen-bond acceptors (Lipinski definition) is 3. The molecule has 0 aromatic heterocycles. The fourth-order valence-corrected chi connectivity index (χ4v) is 2.40. The van der Waals surface area contributed by atoms with Gasteiger partial charge in [-0.3, -0.25) is 9.59 Å². The zero-order valence-corrected chi connectivity index (χ0v) is 11.6. The van der Waals surface area contributed by atoms with Gasteiger partial charge in [0.05, 0.1) is 13.0 Å². The number of fused-ring (bicyclic) bond motifs is 1. The smallest absolute Gasteiger partial charge is 0.306 e. The van der Waals surface area contributed by atoms with E-state index in [0.717, 1.165) is 37.1 Å². The van der Waals surface area contributed by atoms with E-state index in [1.807, 2.05) is 13.0 Å². The molecule has 0 saturated carbocycles. The Balaban J connectivity index is 2.11. The molecule has 1 heterocycles. The molecule has 2 rings (SSSR count). The van der Waals surface area contributed by atoms with Crippen LogP contribution in [0.2, 0.25) is 0 Å². The standard InChI is InChI=1S/C15H19NO4/c1-11-8-12-2-5-16(10-17)6-3-13(12)9-14(11)20-7-4-15(18)19/h8-10H,2-7H2,1H3,(H,18,19). The third-order valence-corrected chi connectivity index (χ3v) is 3.56. The molecule has 1 aliphatic heterocycles. The molecule has 5 heteroatoms. The van der Waals surface area contributed by atoms with Crippen LogP contribution >= 0.6 is 0 Å². The molecule has 0 fully saturated rings. The summed E-state index contributed by atoms with van der Waals surface area (Å²) in [5.74, 6) is -0.122. The average Bonchev–Trinajstić information content (AvgIpc) is 2.60. The number of amides is 1. The molecule has 1 amide bonds. The van der Waals surface area contributed by atoms with Crippen LogP contribution in [0.25, 0.3) is 0 Å². The van der Waals surface area contributed by atoms with Crippen molar-refractivity contribution in [2.24, 2.45) is 0 Å². The van der Waals surface area contributed by atoms with Crippen molar-refractivity contribution in [3.8, 4) is 5.75 Å². The van der Waals surface area contributed by atoms with Crippen LogP contribution in [0, 0.1) is 6.92 Å². The summed E-state index contributed by atoms with van der Waals surface area (Å²) in [5.41, 5.74) is 3.44. The van der Waals surface area contributed by atoms with Crippen molar-refractivity contribution < 1.29 is 19.4 Å². The quantitative estimate of drug-likeness (QED) is 0.826. The van der Waals surface area contributed by atoms with Crippen molar-refractivity contribution in [3.63, 3.8) is 0 Å². The number of benzene rings is 1. The summed E-state index contributed by atoms with van der Waals surface area (Å²) in [6.07, 6.45) is 2.55. The number of ether oxygens (including phenoxy) is 1. The highest BCUT2D eigenvalue weighted by atomic mass is 16.5. The first-order valence-electron chi connectivity index (χ1n) is 6.76. The number of aliphatic carboxylic acids is 1. The molecule has 5 nitrogen and oxygen atoms in total. The minimum Gasteiger partial charge on any atom is -0.493 e. The lowest BCUT2D eigenvalue weighted by atomic mass is 10.00. The number of nitrogens with zero attached hydrogens (tertiary/aromatic N) is 1. The van der Waals surface area contributed by atoms with Crippen molar-refractivity contribution in [1.82, 2.24) is 4.90 Å². The first-order valence-corrected chi connectivity index (χ1v) is 6.76. The van der Waals surface area contributed by atoms with Crippen molar-refractivity contribution in [3.05, 3.63) is 28.8 Å². The van der Waals surface area contributed by atoms with Crippen LogP contribution in [-0.4, -0.2) is 42.1 Å². The van der Waals surface area contributed by atoms with Gasteiger partial charge in [0.15, 0.2) is 0 Å². The van der Waals surface area contributed by atoms with E-state index in [1.54, 1.807) is 4.90 Å². The molecule has 0 unspecified atom stereocenters. The third-order valence-electron chi connectivity index (χ3n) is 3.56. The molecule has 0 spiro atoms. The van der Waals surface area contributed by atoms with E-state index in [4.69, 9.17) is 9.84 Å². The molecule has 1 N–H and O–H groups in total. The number of hydrogen-bond donors (Lipinski definition) is 1. The summed E-state index contributed by atoms with van der Waals surface area (Å²) in [6, 6.07) is 4.07. The normalized spacial score (nSPS) is 14.3. The average molecular weight is 277 g/mol. The lowest BCUT2D eigenvalue weighted by molar-refractivity contribution is -0.137. The van der Waals surface area contributed by atoms with E-state index in [1.165, 1.54) is 11.1 Å². The summed E-state index contributed by atoms with van der Waals surface area (Å²) >= 11 is 0. The predicted octanol–water partition coefficient (Wildman–Crippen LogP) is 1.41. The van der Waals surface area contributed by atoms with Crippen molar-refractivity contribution >= 4 is 12.4 Å². The van der Waals surface area contributed by atoms with E-state index in [0.29, 0.717) is 6.54 Å². The zero-order valence-electron chi connectivity index (χ0n) is 11.6. The van der Waals surface area contributed by atoms with Gasteiger partial charge in [-0.15, -0.1) is 0 Å². The fourth-order valence-electron chi connectivity index (χ4n) is 2.40. The summed E-state index contributed by atoms with van der Waals surface area (Å²) in [7, 11) is 0. The second kappa shape index (κ2) is 6.41. The highest BCUT2D eigenvalue weighted by Gasteiger charge is 2.15. The van der Waals surface area contributed by atoms with Gasteiger partial charge in [0.2, 0.25) is 6.41 Å². The first-order chi connectivity index (χ1) is 9.60. The minimum absolute atomic E-state index is 0.00452. The van der Waals surface area contributed by atoms with Crippen molar-refractivity contribution in [1.29, 1.82) is 0 Å². The maximum atomic E-state index is 10.8. The Hall–Kier alpha value is -2.04. The molecule has 0 atom stereocenters. The Morgan fingerprint density at radius 2 is 2.00 bits per heavy atom. The fraction of sp³-hybridized carbons (Fsp3) is 0.467. The van der Waals surface area contributed by atoms with Gasteiger partial charge in [-0.05, 0) is 42.5 Å². The van der Waals surface area contributed by atoms with Gasteiger partial charge in [-0.2, -0.15) is 0 Å². The Morgan fingerprint density at radius 3 is 2.60 bits per heavy atom. The van der Waals surface area contributed by atoms with Crippen LogP contribution in [0.4, 0.5) is 0 Å². The monoisotopic (exact) mass is 277 g/mol. The number of carbonyl (C=O) groups excluding carboxylic acids is 1. The van der Waals surface area contributed by atoms with Gasteiger partial charge in [0, 0.05) is 13.1 Å². The molecule has 0 radical (unpaired) electrons. The summed E-state index contributed by atoms with van der Waals surface area (Å²) in [5, 5.41) is 8.63. The lowest BCUT2D eigenvalue weighted by Crippen LogP contribution is -2.24. The zero-order chi connectivity index (χ0) is 14.5. The maximum Gasteiger partial charge on any atom is 0.306 e. The lowest BCUT2D eigenvalue weighted by Gasteiger charge is -2.13. The molecule has 0 aliphatic carbocycles. The molecule has 0 saturated heterocycles. The molecule has 1 aliphatic rings. The topological polar surface area (TPSA) is 66.8 Å². The predicted molar refractivity (Wildman–Crippen MR) is 74.0 cm³/mol. The molecule has 108 valence electrons. The van der Waals surface area contributed by atoms with Gasteiger partial charge in [0.1, 0.15) is 5.75 Å². The highest BCUT2D eigenvalue weighted by Crippen LogP contribution is 2.26. The molecular weight excluding hydrogens is 258 g/mol. The molecule has 0 bridgehead atoms. The number of rotatable bonds is 5. The van der Waals surface area contributed by atoms with E-state index >= 15 is 0 Å². The number of carbonyl (C=O) groups is 2. The van der Waals surface area contributed by atoms with Gasteiger partial charge >= 0.3 is 5.97 Å². The first kappa shape index (κ1) is 14.4. The van der Waals surface area contributed by atoms with Crippen LogP contribution in [-0.2, 0) is 22.4 Å². The second-order valence-corrected chi connectivity index (χ2v) is 5.02. The maximum absolute atomic E-state index is 10.8.